The second kappa shape index (κ2) is 12.8. The fourth-order valence-electron chi connectivity index (χ4n) is 9.28. The molecule has 11 aromatic rings. The predicted molar refractivity (Wildman–Crippen MR) is 250 cm³/mol. The Kier molecular flexibility index (Phi) is 7.65. The van der Waals surface area contributed by atoms with Crippen molar-refractivity contribution in [3.63, 3.8) is 0 Å². The van der Waals surface area contributed by atoms with Crippen molar-refractivity contribution in [3.8, 4) is 28.5 Å². The van der Waals surface area contributed by atoms with Crippen LogP contribution in [0.15, 0.2) is 170 Å². The number of aromatic nitrogens is 4. The Morgan fingerprint density at radius 2 is 0.712 bits per heavy atom. The molecule has 286 valence electrons. The summed E-state index contributed by atoms with van der Waals surface area (Å²) in [5.74, 6) is 1.77. The second-order valence-electron chi connectivity index (χ2n) is 18.2. The Hall–Kier alpha value is -6.91. The maximum absolute atomic E-state index is 5.66. The monoisotopic (exact) mass is 762 g/mol. The molecule has 4 aromatic heterocycles. The molecule has 0 N–H and O–H groups in total. The van der Waals surface area contributed by atoms with Gasteiger partial charge in [0.1, 0.15) is 11.6 Å². The molecule has 0 unspecified atom stereocenters. The van der Waals surface area contributed by atoms with E-state index in [4.69, 9.17) is 4.98 Å². The summed E-state index contributed by atoms with van der Waals surface area (Å²) in [5, 5.41) is 7.40. The average molecular weight is 763 g/mol. The lowest BCUT2D eigenvalue weighted by Gasteiger charge is -2.19. The lowest BCUT2D eigenvalue weighted by Crippen LogP contribution is -2.10. The van der Waals surface area contributed by atoms with Crippen molar-refractivity contribution in [2.75, 3.05) is 0 Å². The molecule has 0 fully saturated rings. The van der Waals surface area contributed by atoms with Gasteiger partial charge in [-0.2, -0.15) is 0 Å². The van der Waals surface area contributed by atoms with Crippen LogP contribution in [-0.4, -0.2) is 18.7 Å². The van der Waals surface area contributed by atoms with E-state index in [2.05, 4.69) is 225 Å². The quantitative estimate of drug-likeness (QED) is 0.175. The summed E-state index contributed by atoms with van der Waals surface area (Å²) in [4.78, 5) is 5.66. The van der Waals surface area contributed by atoms with Crippen molar-refractivity contribution in [1.82, 2.24) is 18.7 Å². The van der Waals surface area contributed by atoms with Gasteiger partial charge in [0.25, 0.3) is 0 Å². The molecule has 4 nitrogen and oxygen atoms in total. The van der Waals surface area contributed by atoms with Gasteiger partial charge in [-0.15, -0.1) is 0 Å². The van der Waals surface area contributed by atoms with Crippen molar-refractivity contribution in [2.45, 2.75) is 52.4 Å². The zero-order valence-electron chi connectivity index (χ0n) is 34.5. The van der Waals surface area contributed by atoms with E-state index in [9.17, 15) is 0 Å². The van der Waals surface area contributed by atoms with E-state index in [-0.39, 0.29) is 10.8 Å². The zero-order valence-corrected chi connectivity index (χ0v) is 34.5. The summed E-state index contributed by atoms with van der Waals surface area (Å²) in [6.07, 6.45) is 0. The molecule has 59 heavy (non-hydrogen) atoms. The molecule has 4 heterocycles. The van der Waals surface area contributed by atoms with Gasteiger partial charge in [0, 0.05) is 38.0 Å². The largest absolute Gasteiger partial charge is 0.309 e. The number of hydrogen-bond donors (Lipinski definition) is 0. The Morgan fingerprint density at radius 1 is 0.322 bits per heavy atom. The molecule has 0 aliphatic rings. The van der Waals surface area contributed by atoms with E-state index >= 15 is 0 Å². The average Bonchev–Trinajstić information content (AvgIpc) is 3.88. The Labute approximate surface area is 344 Å². The van der Waals surface area contributed by atoms with Gasteiger partial charge in [-0.3, -0.25) is 9.13 Å². The third-order valence-corrected chi connectivity index (χ3v) is 12.4. The standard InChI is InChI=1S/C55H46N4/c1-54(2,3)37-24-27-49-43(32-37)44-33-38(55(4,5)6)25-28-50(44)59(49)53-31-36(35-16-8-7-9-17-35)30-52(56-53)58-48-23-15-12-20-42(48)45-34-39(26-29-51(45)58)57-46-21-13-10-18-40(46)41-19-11-14-22-47(41)57/h7-34H,1-6H3. The van der Waals surface area contributed by atoms with E-state index in [1.54, 1.807) is 0 Å². The Morgan fingerprint density at radius 3 is 1.20 bits per heavy atom. The highest BCUT2D eigenvalue weighted by Crippen LogP contribution is 2.40. The van der Waals surface area contributed by atoms with Crippen LogP contribution in [0.1, 0.15) is 52.7 Å². The molecule has 0 amide bonds. The topological polar surface area (TPSA) is 27.7 Å². The maximum Gasteiger partial charge on any atom is 0.140 e. The molecule has 0 saturated carbocycles. The molecule has 0 spiro atoms. The fraction of sp³-hybridized carbons (Fsp3) is 0.145. The molecule has 0 bridgehead atoms. The van der Waals surface area contributed by atoms with Crippen LogP contribution in [0, 0.1) is 0 Å². The van der Waals surface area contributed by atoms with Crippen LogP contribution in [0.4, 0.5) is 0 Å². The van der Waals surface area contributed by atoms with Crippen LogP contribution in [0.2, 0.25) is 0 Å². The summed E-state index contributed by atoms with van der Waals surface area (Å²) < 4.78 is 7.15. The Bertz CT molecular complexity index is 3330. The highest BCUT2D eigenvalue weighted by atomic mass is 15.1. The third-order valence-electron chi connectivity index (χ3n) is 12.4. The normalized spacial score (nSPS) is 12.6. The lowest BCUT2D eigenvalue weighted by atomic mass is 9.85. The summed E-state index contributed by atoms with van der Waals surface area (Å²) in [6.45, 7) is 13.8. The molecule has 0 aliphatic heterocycles. The first kappa shape index (κ1) is 35.3. The number of rotatable bonds is 4. The highest BCUT2D eigenvalue weighted by molar-refractivity contribution is 6.13. The third kappa shape index (κ3) is 5.54. The van der Waals surface area contributed by atoms with Crippen molar-refractivity contribution in [1.29, 1.82) is 0 Å². The Balaban J connectivity index is 1.19. The van der Waals surface area contributed by atoms with Gasteiger partial charge in [-0.05, 0) is 106 Å². The smallest absolute Gasteiger partial charge is 0.140 e. The molecule has 0 radical (unpaired) electrons. The number of para-hydroxylation sites is 3. The predicted octanol–water partition coefficient (Wildman–Crippen LogP) is 14.6. The van der Waals surface area contributed by atoms with Crippen molar-refractivity contribution in [3.05, 3.63) is 181 Å². The van der Waals surface area contributed by atoms with Gasteiger partial charge >= 0.3 is 0 Å². The van der Waals surface area contributed by atoms with Gasteiger partial charge in [0.15, 0.2) is 0 Å². The van der Waals surface area contributed by atoms with E-state index in [0.717, 1.165) is 50.5 Å². The van der Waals surface area contributed by atoms with Gasteiger partial charge in [0.05, 0.1) is 33.1 Å². The van der Waals surface area contributed by atoms with Crippen molar-refractivity contribution < 1.29 is 0 Å². The van der Waals surface area contributed by atoms with Gasteiger partial charge in [-0.25, -0.2) is 4.98 Å². The van der Waals surface area contributed by atoms with Crippen LogP contribution < -0.4 is 0 Å². The summed E-state index contributed by atoms with van der Waals surface area (Å²) in [5.41, 5.74) is 13.0. The molecule has 0 aliphatic carbocycles. The molecular weight excluding hydrogens is 717 g/mol. The number of benzene rings is 7. The lowest BCUT2D eigenvalue weighted by molar-refractivity contribution is 0.590. The second-order valence-corrected chi connectivity index (χ2v) is 18.2. The van der Waals surface area contributed by atoms with Crippen molar-refractivity contribution >= 4 is 65.4 Å². The first-order valence-electron chi connectivity index (χ1n) is 20.7. The van der Waals surface area contributed by atoms with E-state index in [1.807, 2.05) is 0 Å². The minimum Gasteiger partial charge on any atom is -0.309 e. The van der Waals surface area contributed by atoms with Crippen LogP contribution in [0.5, 0.6) is 0 Å². The van der Waals surface area contributed by atoms with Gasteiger partial charge in [-0.1, -0.05) is 139 Å². The molecule has 7 aromatic carbocycles. The molecule has 0 atom stereocenters. The van der Waals surface area contributed by atoms with Gasteiger partial charge < -0.3 is 4.57 Å². The summed E-state index contributed by atoms with van der Waals surface area (Å²) in [7, 11) is 0. The van der Waals surface area contributed by atoms with Crippen LogP contribution >= 0.6 is 0 Å². The van der Waals surface area contributed by atoms with Crippen molar-refractivity contribution in [2.24, 2.45) is 0 Å². The van der Waals surface area contributed by atoms with E-state index in [1.165, 1.54) is 54.5 Å². The minimum atomic E-state index is 0.0147. The number of hydrogen-bond acceptors (Lipinski definition) is 1. The van der Waals surface area contributed by atoms with E-state index < -0.39 is 0 Å². The molecule has 4 heteroatoms. The number of nitrogens with zero attached hydrogens (tertiary/aromatic N) is 4. The summed E-state index contributed by atoms with van der Waals surface area (Å²) >= 11 is 0. The van der Waals surface area contributed by atoms with Crippen LogP contribution in [0.25, 0.3) is 93.9 Å². The first-order valence-corrected chi connectivity index (χ1v) is 20.7. The highest BCUT2D eigenvalue weighted by Gasteiger charge is 2.23. The first-order chi connectivity index (χ1) is 28.5. The number of pyridine rings is 1. The van der Waals surface area contributed by atoms with Crippen LogP contribution in [0.3, 0.4) is 0 Å². The van der Waals surface area contributed by atoms with E-state index in [0.29, 0.717) is 0 Å². The van der Waals surface area contributed by atoms with Gasteiger partial charge in [0.2, 0.25) is 0 Å². The minimum absolute atomic E-state index is 0.0147. The SMILES string of the molecule is CC(C)(C)c1ccc2c(c1)c1cc(C(C)(C)C)ccc1n2-c1cc(-c2ccccc2)cc(-n2c3ccccc3c3cc(-n4c5ccccc5c5ccccc54)ccc32)n1. The molecule has 0 saturated heterocycles. The maximum atomic E-state index is 5.66. The summed E-state index contributed by atoms with van der Waals surface area (Å²) in [6, 6.07) is 62.4. The number of fused-ring (bicyclic) bond motifs is 9. The zero-order chi connectivity index (χ0) is 40.2. The van der Waals surface area contributed by atoms with Crippen LogP contribution in [-0.2, 0) is 10.8 Å². The molecular formula is C55H46N4. The molecule has 11 rings (SSSR count). The fourth-order valence-corrected chi connectivity index (χ4v) is 9.28.